The first kappa shape index (κ1) is 18.5. The number of piperazine rings is 1. The number of hydrogen-bond acceptors (Lipinski definition) is 8. The lowest BCUT2D eigenvalue weighted by Crippen LogP contribution is -2.47. The van der Waals surface area contributed by atoms with Crippen molar-refractivity contribution in [3.8, 4) is 0 Å². The fraction of sp³-hybridized carbons (Fsp3) is 0.389. The Kier molecular flexibility index (Phi) is 5.31. The molecule has 0 N–H and O–H groups in total. The number of benzene rings is 1. The van der Waals surface area contributed by atoms with Crippen LogP contribution in [0.4, 0.5) is 11.6 Å². The van der Waals surface area contributed by atoms with Gasteiger partial charge < -0.3 is 4.90 Å². The molecule has 9 nitrogen and oxygen atoms in total. The molecule has 0 spiro atoms. The number of rotatable bonds is 6. The maximum atomic E-state index is 12.5. The summed E-state index contributed by atoms with van der Waals surface area (Å²) in [7, 11) is 0. The van der Waals surface area contributed by atoms with Crippen molar-refractivity contribution in [3.63, 3.8) is 0 Å². The standard InChI is InChI=1S/C18H20N6O3S/c25-17-15-13-14(24(26)27)3-4-16(15)28-23(17)8-2-7-21-9-11-22(12-10-21)18-19-5-1-6-20-18/h1,3-6,13H,2,7-12H2. The van der Waals surface area contributed by atoms with Gasteiger partial charge in [0.25, 0.3) is 11.2 Å². The molecular formula is C18H20N6O3S. The molecule has 0 amide bonds. The van der Waals surface area contributed by atoms with Crippen molar-refractivity contribution < 1.29 is 4.92 Å². The molecule has 1 fully saturated rings. The molecule has 0 bridgehead atoms. The summed E-state index contributed by atoms with van der Waals surface area (Å²) in [5.74, 6) is 0.771. The Labute approximate surface area is 165 Å². The lowest BCUT2D eigenvalue weighted by atomic mass is 10.2. The summed E-state index contributed by atoms with van der Waals surface area (Å²) in [6.45, 7) is 5.17. The largest absolute Gasteiger partial charge is 0.338 e. The van der Waals surface area contributed by atoms with Crippen LogP contribution in [0.25, 0.3) is 10.1 Å². The van der Waals surface area contributed by atoms with E-state index in [9.17, 15) is 14.9 Å². The van der Waals surface area contributed by atoms with Crippen LogP contribution in [0.15, 0.2) is 41.5 Å². The van der Waals surface area contributed by atoms with E-state index in [0.29, 0.717) is 11.9 Å². The third-order valence-corrected chi connectivity index (χ3v) is 6.00. The van der Waals surface area contributed by atoms with Crippen molar-refractivity contribution in [2.24, 2.45) is 0 Å². The van der Waals surface area contributed by atoms with Crippen molar-refractivity contribution in [1.29, 1.82) is 0 Å². The molecule has 0 radical (unpaired) electrons. The predicted molar refractivity (Wildman–Crippen MR) is 108 cm³/mol. The predicted octanol–water partition coefficient (Wildman–Crippen LogP) is 1.97. The first-order valence-corrected chi connectivity index (χ1v) is 9.92. The van der Waals surface area contributed by atoms with Gasteiger partial charge in [-0.15, -0.1) is 0 Å². The summed E-state index contributed by atoms with van der Waals surface area (Å²) in [5, 5.41) is 11.3. The highest BCUT2D eigenvalue weighted by atomic mass is 32.1. The van der Waals surface area contributed by atoms with Gasteiger partial charge in [0.15, 0.2) is 0 Å². The van der Waals surface area contributed by atoms with Crippen molar-refractivity contribution >= 4 is 33.3 Å². The molecule has 0 saturated carbocycles. The Balaban J connectivity index is 1.32. The van der Waals surface area contributed by atoms with Crippen LogP contribution in [0, 0.1) is 10.1 Å². The number of nitrogens with zero attached hydrogens (tertiary/aromatic N) is 6. The van der Waals surface area contributed by atoms with Gasteiger partial charge in [-0.1, -0.05) is 11.5 Å². The fourth-order valence-electron chi connectivity index (χ4n) is 3.38. The molecule has 1 saturated heterocycles. The third-order valence-electron chi connectivity index (χ3n) is 4.88. The number of nitro groups is 1. The van der Waals surface area contributed by atoms with Crippen LogP contribution in [0.1, 0.15) is 6.42 Å². The second-order valence-electron chi connectivity index (χ2n) is 6.67. The van der Waals surface area contributed by atoms with Gasteiger partial charge in [-0.05, 0) is 18.6 Å². The summed E-state index contributed by atoms with van der Waals surface area (Å²) in [5.41, 5.74) is -0.190. The number of anilines is 1. The van der Waals surface area contributed by atoms with E-state index in [-0.39, 0.29) is 11.2 Å². The SMILES string of the molecule is O=c1c2cc([N+](=O)[O-])ccc2sn1CCCN1CCN(c2ncccn2)CC1. The van der Waals surface area contributed by atoms with E-state index in [2.05, 4.69) is 19.8 Å². The first-order valence-electron chi connectivity index (χ1n) is 9.14. The minimum atomic E-state index is -0.471. The average molecular weight is 400 g/mol. The third kappa shape index (κ3) is 3.87. The molecule has 0 unspecified atom stereocenters. The zero-order valence-corrected chi connectivity index (χ0v) is 16.0. The van der Waals surface area contributed by atoms with Gasteiger partial charge in [0.2, 0.25) is 5.95 Å². The Morgan fingerprint density at radius 2 is 1.86 bits per heavy atom. The van der Waals surface area contributed by atoms with Crippen molar-refractivity contribution in [2.75, 3.05) is 37.6 Å². The molecule has 28 heavy (non-hydrogen) atoms. The normalized spacial score (nSPS) is 15.2. The molecular weight excluding hydrogens is 380 g/mol. The Hall–Kier alpha value is -2.85. The van der Waals surface area contributed by atoms with Gasteiger partial charge in [0.05, 0.1) is 15.0 Å². The van der Waals surface area contributed by atoms with Crippen molar-refractivity contribution in [3.05, 3.63) is 57.1 Å². The average Bonchev–Trinajstić information content (AvgIpc) is 3.04. The number of aryl methyl sites for hydroxylation is 1. The van der Waals surface area contributed by atoms with E-state index in [0.717, 1.165) is 49.8 Å². The smallest absolute Gasteiger partial charge is 0.270 e. The Morgan fingerprint density at radius 1 is 1.11 bits per heavy atom. The minimum absolute atomic E-state index is 0.0465. The lowest BCUT2D eigenvalue weighted by Gasteiger charge is -2.34. The maximum Gasteiger partial charge on any atom is 0.270 e. The van der Waals surface area contributed by atoms with Crippen LogP contribution in [-0.4, -0.2) is 56.5 Å². The molecule has 0 atom stereocenters. The van der Waals surface area contributed by atoms with Crippen LogP contribution in [0.2, 0.25) is 0 Å². The maximum absolute atomic E-state index is 12.5. The second-order valence-corrected chi connectivity index (χ2v) is 7.73. The van der Waals surface area contributed by atoms with Gasteiger partial charge in [0, 0.05) is 63.8 Å². The Bertz CT molecular complexity index is 1030. The molecule has 2 aromatic heterocycles. The van der Waals surface area contributed by atoms with E-state index in [1.807, 2.05) is 6.07 Å². The number of fused-ring (bicyclic) bond motifs is 1. The highest BCUT2D eigenvalue weighted by molar-refractivity contribution is 7.13. The monoisotopic (exact) mass is 400 g/mol. The molecule has 1 aliphatic rings. The van der Waals surface area contributed by atoms with Crippen LogP contribution in [0.3, 0.4) is 0 Å². The van der Waals surface area contributed by atoms with E-state index < -0.39 is 4.92 Å². The fourth-order valence-corrected chi connectivity index (χ4v) is 4.40. The van der Waals surface area contributed by atoms with E-state index in [1.165, 1.54) is 23.7 Å². The highest BCUT2D eigenvalue weighted by Crippen LogP contribution is 2.22. The van der Waals surface area contributed by atoms with Gasteiger partial charge in [-0.25, -0.2) is 9.97 Å². The van der Waals surface area contributed by atoms with Crippen molar-refractivity contribution in [2.45, 2.75) is 13.0 Å². The number of non-ortho nitro benzene ring substituents is 1. The van der Waals surface area contributed by atoms with Crippen LogP contribution in [-0.2, 0) is 6.54 Å². The van der Waals surface area contributed by atoms with E-state index in [4.69, 9.17) is 0 Å². The Morgan fingerprint density at radius 3 is 2.57 bits per heavy atom. The van der Waals surface area contributed by atoms with Gasteiger partial charge in [-0.2, -0.15) is 0 Å². The molecule has 3 aromatic rings. The quantitative estimate of drug-likeness (QED) is 0.461. The van der Waals surface area contributed by atoms with Gasteiger partial charge in [0.1, 0.15) is 0 Å². The van der Waals surface area contributed by atoms with Gasteiger partial charge in [-0.3, -0.25) is 23.8 Å². The van der Waals surface area contributed by atoms with Crippen LogP contribution in [0.5, 0.6) is 0 Å². The molecule has 146 valence electrons. The summed E-state index contributed by atoms with van der Waals surface area (Å²) in [6, 6.07) is 6.28. The number of aromatic nitrogens is 3. The van der Waals surface area contributed by atoms with Crippen LogP contribution >= 0.6 is 11.5 Å². The first-order chi connectivity index (χ1) is 13.6. The summed E-state index contributed by atoms with van der Waals surface area (Å²) in [4.78, 5) is 36.1. The molecule has 3 heterocycles. The highest BCUT2D eigenvalue weighted by Gasteiger charge is 2.18. The second kappa shape index (κ2) is 8.03. The number of nitro benzene ring substituents is 1. The molecule has 10 heteroatoms. The zero-order chi connectivity index (χ0) is 19.5. The molecule has 1 aromatic carbocycles. The summed E-state index contributed by atoms with van der Waals surface area (Å²) >= 11 is 1.37. The molecule has 4 rings (SSSR count). The lowest BCUT2D eigenvalue weighted by molar-refractivity contribution is -0.384. The summed E-state index contributed by atoms with van der Waals surface area (Å²) in [6.07, 6.45) is 4.37. The molecule has 0 aliphatic carbocycles. The zero-order valence-electron chi connectivity index (χ0n) is 15.2. The topological polar surface area (TPSA) is 97.4 Å². The van der Waals surface area contributed by atoms with E-state index >= 15 is 0 Å². The minimum Gasteiger partial charge on any atom is -0.338 e. The van der Waals surface area contributed by atoms with Crippen LogP contribution < -0.4 is 10.5 Å². The molecule has 1 aliphatic heterocycles. The van der Waals surface area contributed by atoms with Crippen molar-refractivity contribution in [1.82, 2.24) is 18.8 Å². The number of hydrogen-bond donors (Lipinski definition) is 0. The van der Waals surface area contributed by atoms with Gasteiger partial charge >= 0.3 is 0 Å². The van der Waals surface area contributed by atoms with E-state index in [1.54, 1.807) is 22.4 Å². The summed E-state index contributed by atoms with van der Waals surface area (Å²) < 4.78 is 2.48.